The Bertz CT molecular complexity index is 482. The van der Waals surface area contributed by atoms with Gasteiger partial charge in [-0.05, 0) is 18.9 Å². The molecule has 1 unspecified atom stereocenters. The molecular formula is C14H19F2N3O2. The molecular weight excluding hydrogens is 280 g/mol. The molecule has 1 aliphatic heterocycles. The van der Waals surface area contributed by atoms with Crippen LogP contribution >= 0.6 is 0 Å². The second-order valence-corrected chi connectivity index (χ2v) is 5.76. The van der Waals surface area contributed by atoms with E-state index in [4.69, 9.17) is 4.74 Å². The van der Waals surface area contributed by atoms with Gasteiger partial charge in [-0.2, -0.15) is 5.10 Å². The van der Waals surface area contributed by atoms with E-state index in [0.29, 0.717) is 19.8 Å². The quantitative estimate of drug-likeness (QED) is 0.910. The zero-order valence-electron chi connectivity index (χ0n) is 11.7. The summed E-state index contributed by atoms with van der Waals surface area (Å²) < 4.78 is 31.9. The normalized spacial score (nSPS) is 26.8. The van der Waals surface area contributed by atoms with Crippen molar-refractivity contribution in [2.45, 2.75) is 37.6 Å². The molecule has 2 fully saturated rings. The second-order valence-electron chi connectivity index (χ2n) is 5.76. The van der Waals surface area contributed by atoms with E-state index < -0.39 is 5.92 Å². The van der Waals surface area contributed by atoms with Gasteiger partial charge in [0.05, 0.1) is 24.9 Å². The van der Waals surface area contributed by atoms with Gasteiger partial charge in [-0.25, -0.2) is 8.78 Å². The maximum Gasteiger partial charge on any atom is 0.248 e. The number of nitrogens with one attached hydrogen (secondary N) is 1. The zero-order chi connectivity index (χ0) is 14.9. The third kappa shape index (κ3) is 3.07. The third-order valence-electron chi connectivity index (χ3n) is 4.36. The first-order valence-electron chi connectivity index (χ1n) is 7.32. The average Bonchev–Trinajstić information content (AvgIpc) is 3.01. The number of aromatic amines is 1. The lowest BCUT2D eigenvalue weighted by Crippen LogP contribution is -2.47. The van der Waals surface area contributed by atoms with Crippen molar-refractivity contribution < 1.29 is 18.3 Å². The van der Waals surface area contributed by atoms with Crippen LogP contribution in [0.25, 0.3) is 0 Å². The van der Waals surface area contributed by atoms with E-state index in [2.05, 4.69) is 10.2 Å². The Hall–Kier alpha value is -1.50. The van der Waals surface area contributed by atoms with Crippen LogP contribution in [0.1, 0.15) is 37.4 Å². The van der Waals surface area contributed by atoms with E-state index in [-0.39, 0.29) is 43.6 Å². The number of ether oxygens (including phenoxy) is 1. The van der Waals surface area contributed by atoms with Gasteiger partial charge >= 0.3 is 0 Å². The average molecular weight is 299 g/mol. The first kappa shape index (κ1) is 14.4. The molecule has 116 valence electrons. The van der Waals surface area contributed by atoms with E-state index >= 15 is 0 Å². The minimum atomic E-state index is -2.61. The number of amides is 1. The van der Waals surface area contributed by atoms with E-state index in [1.807, 2.05) is 6.07 Å². The number of aromatic nitrogens is 2. The molecule has 1 saturated carbocycles. The summed E-state index contributed by atoms with van der Waals surface area (Å²) in [6.45, 7) is 1.39. The van der Waals surface area contributed by atoms with Crippen molar-refractivity contribution in [2.24, 2.45) is 5.92 Å². The first-order chi connectivity index (χ1) is 10.1. The van der Waals surface area contributed by atoms with Gasteiger partial charge in [0.2, 0.25) is 11.8 Å². The van der Waals surface area contributed by atoms with E-state index in [1.165, 1.54) is 0 Å². The Morgan fingerprint density at radius 3 is 2.86 bits per heavy atom. The maximum atomic E-state index is 13.2. The number of H-pyrrole nitrogens is 1. The van der Waals surface area contributed by atoms with Gasteiger partial charge < -0.3 is 9.64 Å². The number of carbonyl (C=O) groups excluding carboxylic acids is 1. The molecule has 1 aromatic heterocycles. The van der Waals surface area contributed by atoms with Gasteiger partial charge in [-0.1, -0.05) is 0 Å². The Balaban J connectivity index is 1.70. The lowest BCUT2D eigenvalue weighted by molar-refractivity contribution is -0.148. The molecule has 0 bridgehead atoms. The molecule has 0 aromatic carbocycles. The van der Waals surface area contributed by atoms with Crippen LogP contribution < -0.4 is 0 Å². The molecule has 0 radical (unpaired) electrons. The summed E-state index contributed by atoms with van der Waals surface area (Å²) in [7, 11) is 0. The Morgan fingerprint density at radius 1 is 1.43 bits per heavy atom. The van der Waals surface area contributed by atoms with E-state index in [1.54, 1.807) is 11.1 Å². The number of hydrogen-bond acceptors (Lipinski definition) is 3. The van der Waals surface area contributed by atoms with Gasteiger partial charge in [0.1, 0.15) is 0 Å². The number of hydrogen-bond donors (Lipinski definition) is 1. The highest BCUT2D eigenvalue weighted by molar-refractivity contribution is 5.79. The number of morpholine rings is 1. The second kappa shape index (κ2) is 5.71. The molecule has 1 aromatic rings. The standard InChI is InChI=1S/C14H19F2N3O2/c15-14(16)4-1-10(2-5-14)13(20)19-7-8-21-9-12(19)11-3-6-17-18-11/h3,6,10,12H,1-2,4-5,7-9H2,(H,17,18). The van der Waals surface area contributed by atoms with Crippen molar-refractivity contribution >= 4 is 5.91 Å². The van der Waals surface area contributed by atoms with Crippen molar-refractivity contribution in [3.05, 3.63) is 18.0 Å². The largest absolute Gasteiger partial charge is 0.377 e. The number of nitrogens with zero attached hydrogens (tertiary/aromatic N) is 2. The fourth-order valence-corrected chi connectivity index (χ4v) is 3.10. The van der Waals surface area contributed by atoms with Crippen LogP contribution in [0.5, 0.6) is 0 Å². The zero-order valence-corrected chi connectivity index (χ0v) is 11.7. The van der Waals surface area contributed by atoms with Gasteiger partial charge in [-0.3, -0.25) is 9.89 Å². The molecule has 2 aliphatic rings. The molecule has 1 amide bonds. The lowest BCUT2D eigenvalue weighted by Gasteiger charge is -2.38. The summed E-state index contributed by atoms with van der Waals surface area (Å²) in [5.41, 5.74) is 0.823. The molecule has 1 aliphatic carbocycles. The number of alkyl halides is 2. The molecule has 1 atom stereocenters. The SMILES string of the molecule is O=C(C1CCC(F)(F)CC1)N1CCOCC1c1ccn[nH]1. The summed E-state index contributed by atoms with van der Waals surface area (Å²) in [5.74, 6) is -2.94. The van der Waals surface area contributed by atoms with Crippen LogP contribution in [0.4, 0.5) is 8.78 Å². The predicted octanol–water partition coefficient (Wildman–Crippen LogP) is 2.14. The minimum Gasteiger partial charge on any atom is -0.377 e. The van der Waals surface area contributed by atoms with Crippen molar-refractivity contribution in [2.75, 3.05) is 19.8 Å². The predicted molar refractivity (Wildman–Crippen MR) is 70.8 cm³/mol. The van der Waals surface area contributed by atoms with Crippen molar-refractivity contribution in [3.8, 4) is 0 Å². The van der Waals surface area contributed by atoms with Gasteiger partial charge in [-0.15, -0.1) is 0 Å². The summed E-state index contributed by atoms with van der Waals surface area (Å²) >= 11 is 0. The van der Waals surface area contributed by atoms with Crippen LogP contribution in [-0.4, -0.2) is 46.7 Å². The molecule has 1 N–H and O–H groups in total. The Kier molecular flexibility index (Phi) is 3.93. The van der Waals surface area contributed by atoms with Crippen molar-refractivity contribution in [1.29, 1.82) is 0 Å². The molecule has 5 nitrogen and oxygen atoms in total. The van der Waals surface area contributed by atoms with Gasteiger partial charge in [0, 0.05) is 31.5 Å². The highest BCUT2D eigenvalue weighted by Crippen LogP contribution is 2.38. The topological polar surface area (TPSA) is 58.2 Å². The highest BCUT2D eigenvalue weighted by atomic mass is 19.3. The van der Waals surface area contributed by atoms with Gasteiger partial charge in [0.25, 0.3) is 0 Å². The molecule has 2 heterocycles. The summed E-state index contributed by atoms with van der Waals surface area (Å²) in [6, 6.07) is 1.62. The molecule has 3 rings (SSSR count). The highest BCUT2D eigenvalue weighted by Gasteiger charge is 2.40. The van der Waals surface area contributed by atoms with Crippen LogP contribution in [0, 0.1) is 5.92 Å². The minimum absolute atomic E-state index is 0.0339. The van der Waals surface area contributed by atoms with Crippen LogP contribution in [0.15, 0.2) is 12.3 Å². The Morgan fingerprint density at radius 2 is 2.19 bits per heavy atom. The molecule has 7 heteroatoms. The summed E-state index contributed by atoms with van der Waals surface area (Å²) in [4.78, 5) is 14.4. The van der Waals surface area contributed by atoms with E-state index in [0.717, 1.165) is 5.69 Å². The number of rotatable bonds is 2. The smallest absolute Gasteiger partial charge is 0.248 e. The van der Waals surface area contributed by atoms with Gasteiger partial charge in [0.15, 0.2) is 0 Å². The summed E-state index contributed by atoms with van der Waals surface area (Å²) in [6.07, 6.45) is 1.77. The van der Waals surface area contributed by atoms with Crippen LogP contribution in [-0.2, 0) is 9.53 Å². The first-order valence-corrected chi connectivity index (χ1v) is 7.32. The maximum absolute atomic E-state index is 13.2. The van der Waals surface area contributed by atoms with Crippen molar-refractivity contribution in [1.82, 2.24) is 15.1 Å². The van der Waals surface area contributed by atoms with Crippen molar-refractivity contribution in [3.63, 3.8) is 0 Å². The molecule has 0 spiro atoms. The monoisotopic (exact) mass is 299 g/mol. The number of carbonyl (C=O) groups is 1. The third-order valence-corrected chi connectivity index (χ3v) is 4.36. The summed E-state index contributed by atoms with van der Waals surface area (Å²) in [5, 5.41) is 6.77. The Labute approximate surface area is 121 Å². The van der Waals surface area contributed by atoms with Crippen LogP contribution in [0.2, 0.25) is 0 Å². The fraction of sp³-hybridized carbons (Fsp3) is 0.714. The number of halogens is 2. The fourth-order valence-electron chi connectivity index (χ4n) is 3.10. The molecule has 1 saturated heterocycles. The van der Waals surface area contributed by atoms with E-state index in [9.17, 15) is 13.6 Å². The lowest BCUT2D eigenvalue weighted by atomic mass is 9.85. The molecule has 21 heavy (non-hydrogen) atoms. The van der Waals surface area contributed by atoms with Crippen LogP contribution in [0.3, 0.4) is 0 Å².